The summed E-state index contributed by atoms with van der Waals surface area (Å²) in [7, 11) is -3.71. The Kier molecular flexibility index (Phi) is 5.71. The Bertz CT molecular complexity index is 702. The van der Waals surface area contributed by atoms with E-state index in [9.17, 15) is 17.6 Å². The molecule has 0 aliphatic carbocycles. The fourth-order valence-electron chi connectivity index (χ4n) is 3.38. The molecule has 1 amide bonds. The van der Waals surface area contributed by atoms with Crippen LogP contribution in [0, 0.1) is 11.7 Å². The van der Waals surface area contributed by atoms with Gasteiger partial charge in [0.25, 0.3) is 0 Å². The van der Waals surface area contributed by atoms with E-state index in [4.69, 9.17) is 0 Å². The average molecular weight is 369 g/mol. The van der Waals surface area contributed by atoms with Crippen LogP contribution in [0.1, 0.15) is 32.1 Å². The molecule has 3 rings (SSSR count). The third kappa shape index (κ3) is 4.37. The number of piperidine rings is 2. The normalized spacial score (nSPS) is 23.3. The minimum absolute atomic E-state index is 0.0611. The van der Waals surface area contributed by atoms with Crippen LogP contribution in [0.3, 0.4) is 0 Å². The number of amides is 1. The molecule has 0 aromatic heterocycles. The standard InChI is InChI=1S/C17H24FN3O3S/c18-15-6-8-16(9-7-15)25(23,24)21-12-4-5-14(13-21)17(22)19-20-10-2-1-3-11-20/h6-9,14H,1-5,10-13H2,(H,19,22)/t14-/m1/s1. The lowest BCUT2D eigenvalue weighted by molar-refractivity contribution is -0.131. The zero-order valence-corrected chi connectivity index (χ0v) is 15.0. The maximum absolute atomic E-state index is 13.0. The van der Waals surface area contributed by atoms with E-state index < -0.39 is 15.8 Å². The molecule has 2 fully saturated rings. The number of halogens is 1. The van der Waals surface area contributed by atoms with Crippen LogP contribution in [0.4, 0.5) is 4.39 Å². The number of benzene rings is 1. The van der Waals surface area contributed by atoms with Crippen molar-refractivity contribution in [3.8, 4) is 0 Å². The molecule has 1 aromatic carbocycles. The quantitative estimate of drug-likeness (QED) is 0.878. The lowest BCUT2D eigenvalue weighted by atomic mass is 9.99. The van der Waals surface area contributed by atoms with E-state index >= 15 is 0 Å². The second-order valence-corrected chi connectivity index (χ2v) is 8.62. The van der Waals surface area contributed by atoms with E-state index in [0.29, 0.717) is 19.4 Å². The number of sulfonamides is 1. The van der Waals surface area contributed by atoms with Gasteiger partial charge in [0.1, 0.15) is 5.82 Å². The number of carbonyl (C=O) groups excluding carboxylic acids is 1. The van der Waals surface area contributed by atoms with E-state index in [1.807, 2.05) is 5.01 Å². The van der Waals surface area contributed by atoms with E-state index in [0.717, 1.165) is 38.1 Å². The summed E-state index contributed by atoms with van der Waals surface area (Å²) in [6, 6.07) is 4.80. The number of hydrogen-bond acceptors (Lipinski definition) is 4. The summed E-state index contributed by atoms with van der Waals surface area (Å²) in [5.74, 6) is -0.941. The van der Waals surface area contributed by atoms with Crippen molar-refractivity contribution < 1.29 is 17.6 Å². The first-order valence-electron chi connectivity index (χ1n) is 8.78. The Hall–Kier alpha value is -1.51. The molecular weight excluding hydrogens is 345 g/mol. The number of hydrazine groups is 1. The number of rotatable bonds is 4. The van der Waals surface area contributed by atoms with Gasteiger partial charge in [0.15, 0.2) is 0 Å². The zero-order valence-electron chi connectivity index (χ0n) is 14.2. The Morgan fingerprint density at radius 1 is 1.04 bits per heavy atom. The molecule has 0 saturated carbocycles. The predicted octanol–water partition coefficient (Wildman–Crippen LogP) is 1.74. The molecular formula is C17H24FN3O3S. The van der Waals surface area contributed by atoms with Crippen LogP contribution in [0.15, 0.2) is 29.2 Å². The molecule has 0 bridgehead atoms. The third-order valence-corrected chi connectivity index (χ3v) is 6.71. The van der Waals surface area contributed by atoms with Gasteiger partial charge in [0.05, 0.1) is 10.8 Å². The second kappa shape index (κ2) is 7.80. The van der Waals surface area contributed by atoms with Crippen molar-refractivity contribution in [1.29, 1.82) is 0 Å². The molecule has 1 aromatic rings. The molecule has 8 heteroatoms. The molecule has 2 aliphatic rings. The Balaban J connectivity index is 1.65. The first-order valence-corrected chi connectivity index (χ1v) is 10.2. The van der Waals surface area contributed by atoms with Crippen molar-refractivity contribution in [2.24, 2.45) is 5.92 Å². The molecule has 6 nitrogen and oxygen atoms in total. The monoisotopic (exact) mass is 369 g/mol. The molecule has 1 N–H and O–H groups in total. The topological polar surface area (TPSA) is 69.7 Å². The van der Waals surface area contributed by atoms with Gasteiger partial charge in [0.2, 0.25) is 15.9 Å². The molecule has 0 spiro atoms. The van der Waals surface area contributed by atoms with Crippen LogP contribution in [0.2, 0.25) is 0 Å². The second-order valence-electron chi connectivity index (χ2n) is 6.68. The van der Waals surface area contributed by atoms with E-state index in [1.165, 1.54) is 22.9 Å². The van der Waals surface area contributed by atoms with Gasteiger partial charge in [-0.1, -0.05) is 6.42 Å². The van der Waals surface area contributed by atoms with Crippen LogP contribution in [-0.2, 0) is 14.8 Å². The number of nitrogens with zero attached hydrogens (tertiary/aromatic N) is 2. The number of nitrogens with one attached hydrogen (secondary N) is 1. The van der Waals surface area contributed by atoms with E-state index in [-0.39, 0.29) is 23.3 Å². The summed E-state index contributed by atoms with van der Waals surface area (Å²) >= 11 is 0. The van der Waals surface area contributed by atoms with Crippen molar-refractivity contribution in [3.05, 3.63) is 30.1 Å². The highest BCUT2D eigenvalue weighted by Gasteiger charge is 2.33. The summed E-state index contributed by atoms with van der Waals surface area (Å²) in [5, 5.41) is 1.93. The van der Waals surface area contributed by atoms with Gasteiger partial charge >= 0.3 is 0 Å². The average Bonchev–Trinajstić information content (AvgIpc) is 2.63. The Labute approximate surface area is 148 Å². The van der Waals surface area contributed by atoms with Gasteiger partial charge in [-0.25, -0.2) is 17.8 Å². The summed E-state index contributed by atoms with van der Waals surface area (Å²) < 4.78 is 39.8. The Morgan fingerprint density at radius 2 is 1.72 bits per heavy atom. The zero-order chi connectivity index (χ0) is 17.9. The van der Waals surface area contributed by atoms with Gasteiger partial charge < -0.3 is 0 Å². The van der Waals surface area contributed by atoms with Crippen molar-refractivity contribution in [1.82, 2.24) is 14.7 Å². The van der Waals surface area contributed by atoms with Crippen LogP contribution in [-0.4, -0.2) is 49.8 Å². The lowest BCUT2D eigenvalue weighted by Crippen LogP contribution is -2.51. The highest BCUT2D eigenvalue weighted by molar-refractivity contribution is 7.89. The maximum Gasteiger partial charge on any atom is 0.243 e. The summed E-state index contributed by atoms with van der Waals surface area (Å²) in [4.78, 5) is 12.6. The van der Waals surface area contributed by atoms with Crippen LogP contribution in [0.5, 0.6) is 0 Å². The van der Waals surface area contributed by atoms with Crippen LogP contribution >= 0.6 is 0 Å². The predicted molar refractivity (Wildman–Crippen MR) is 91.4 cm³/mol. The first-order chi connectivity index (χ1) is 12.0. The molecule has 2 heterocycles. The number of carbonyl (C=O) groups is 1. The van der Waals surface area contributed by atoms with Gasteiger partial charge in [0, 0.05) is 26.2 Å². The lowest BCUT2D eigenvalue weighted by Gasteiger charge is -2.33. The van der Waals surface area contributed by atoms with Gasteiger partial charge in [-0.15, -0.1) is 0 Å². The molecule has 0 radical (unpaired) electrons. The molecule has 2 aliphatic heterocycles. The number of hydrogen-bond donors (Lipinski definition) is 1. The fourth-order valence-corrected chi connectivity index (χ4v) is 4.91. The van der Waals surface area contributed by atoms with Gasteiger partial charge in [-0.2, -0.15) is 4.31 Å². The van der Waals surface area contributed by atoms with Crippen LogP contribution < -0.4 is 5.43 Å². The summed E-state index contributed by atoms with van der Waals surface area (Å²) in [6.07, 6.45) is 4.62. The van der Waals surface area contributed by atoms with E-state index in [2.05, 4.69) is 5.43 Å². The largest absolute Gasteiger partial charge is 0.289 e. The Morgan fingerprint density at radius 3 is 2.40 bits per heavy atom. The van der Waals surface area contributed by atoms with Gasteiger partial charge in [-0.05, 0) is 49.9 Å². The minimum atomic E-state index is -3.71. The minimum Gasteiger partial charge on any atom is -0.289 e. The smallest absolute Gasteiger partial charge is 0.243 e. The summed E-state index contributed by atoms with van der Waals surface area (Å²) in [6.45, 7) is 2.23. The van der Waals surface area contributed by atoms with E-state index in [1.54, 1.807) is 0 Å². The molecule has 0 unspecified atom stereocenters. The highest BCUT2D eigenvalue weighted by atomic mass is 32.2. The molecule has 138 valence electrons. The summed E-state index contributed by atoms with van der Waals surface area (Å²) in [5.41, 5.74) is 2.93. The maximum atomic E-state index is 13.0. The third-order valence-electron chi connectivity index (χ3n) is 4.83. The van der Waals surface area contributed by atoms with Crippen molar-refractivity contribution in [2.75, 3.05) is 26.2 Å². The van der Waals surface area contributed by atoms with Crippen molar-refractivity contribution in [2.45, 2.75) is 37.0 Å². The highest BCUT2D eigenvalue weighted by Crippen LogP contribution is 2.24. The van der Waals surface area contributed by atoms with Crippen LogP contribution in [0.25, 0.3) is 0 Å². The first kappa shape index (κ1) is 18.3. The molecule has 2 saturated heterocycles. The molecule has 1 atom stereocenters. The van der Waals surface area contributed by atoms with Crippen molar-refractivity contribution >= 4 is 15.9 Å². The van der Waals surface area contributed by atoms with Gasteiger partial charge in [-0.3, -0.25) is 10.2 Å². The SMILES string of the molecule is O=C(NN1CCCCC1)[C@@H]1CCCN(S(=O)(=O)c2ccc(F)cc2)C1. The molecule has 25 heavy (non-hydrogen) atoms. The van der Waals surface area contributed by atoms with Crippen molar-refractivity contribution in [3.63, 3.8) is 0 Å². The fraction of sp³-hybridized carbons (Fsp3) is 0.588.